The first-order valence-corrected chi connectivity index (χ1v) is 12.6. The number of amides is 1. The highest BCUT2D eigenvalue weighted by Gasteiger charge is 2.28. The van der Waals surface area contributed by atoms with Gasteiger partial charge in [0.15, 0.2) is 11.5 Å². The van der Waals surface area contributed by atoms with Crippen molar-refractivity contribution in [2.75, 3.05) is 25.1 Å². The van der Waals surface area contributed by atoms with Gasteiger partial charge in [0.25, 0.3) is 15.9 Å². The normalized spacial score (nSPS) is 11.4. The fraction of sp³-hybridized carbons (Fsp3) is 0.231. The molecule has 3 aromatic rings. The van der Waals surface area contributed by atoms with Crippen molar-refractivity contribution >= 4 is 27.8 Å². The van der Waals surface area contributed by atoms with Crippen LogP contribution in [0.15, 0.2) is 82.8 Å². The monoisotopic (exact) mass is 511 g/mol. The van der Waals surface area contributed by atoms with Crippen molar-refractivity contribution in [1.82, 2.24) is 5.43 Å². The molecule has 0 radical (unpaired) electrons. The van der Waals surface area contributed by atoms with Crippen LogP contribution in [0.2, 0.25) is 0 Å². The number of hydrogen-bond acceptors (Lipinski definition) is 7. The molecule has 190 valence electrons. The second-order valence-corrected chi connectivity index (χ2v) is 9.76. The average Bonchev–Trinajstić information content (AvgIpc) is 2.88. The van der Waals surface area contributed by atoms with E-state index in [9.17, 15) is 13.2 Å². The molecule has 0 unspecified atom stereocenters. The number of carbonyl (C=O) groups is 1. The summed E-state index contributed by atoms with van der Waals surface area (Å²) in [5.41, 5.74) is 3.46. The quantitative estimate of drug-likeness (QED) is 0.310. The van der Waals surface area contributed by atoms with Crippen molar-refractivity contribution in [3.8, 4) is 17.2 Å². The lowest BCUT2D eigenvalue weighted by Crippen LogP contribution is -2.39. The van der Waals surface area contributed by atoms with Crippen molar-refractivity contribution in [3.63, 3.8) is 0 Å². The van der Waals surface area contributed by atoms with Crippen molar-refractivity contribution in [2.24, 2.45) is 5.10 Å². The molecule has 0 bridgehead atoms. The van der Waals surface area contributed by atoms with Crippen molar-refractivity contribution in [2.45, 2.75) is 24.8 Å². The summed E-state index contributed by atoms with van der Waals surface area (Å²) < 4.78 is 44.1. The minimum atomic E-state index is -4.13. The van der Waals surface area contributed by atoms with Crippen LogP contribution in [-0.2, 0) is 14.8 Å². The number of anilines is 1. The summed E-state index contributed by atoms with van der Waals surface area (Å²) >= 11 is 0. The Balaban J connectivity index is 1.79. The van der Waals surface area contributed by atoms with Crippen molar-refractivity contribution < 1.29 is 27.4 Å². The highest BCUT2D eigenvalue weighted by Crippen LogP contribution is 2.32. The summed E-state index contributed by atoms with van der Waals surface area (Å²) in [5, 5.41) is 3.96. The average molecular weight is 512 g/mol. The number of methoxy groups -OCH3 is 2. The van der Waals surface area contributed by atoms with Crippen LogP contribution in [0.4, 0.5) is 5.69 Å². The van der Waals surface area contributed by atoms with Crippen LogP contribution in [0.25, 0.3) is 0 Å². The number of carbonyl (C=O) groups excluding carboxylic acids is 1. The number of hydrazone groups is 1. The Hall–Kier alpha value is -4.05. The minimum Gasteiger partial charge on any atom is -0.493 e. The third kappa shape index (κ3) is 6.76. The van der Waals surface area contributed by atoms with Crippen molar-refractivity contribution in [3.05, 3.63) is 78.4 Å². The lowest BCUT2D eigenvalue weighted by Gasteiger charge is -2.24. The van der Waals surface area contributed by atoms with Crippen LogP contribution in [0.3, 0.4) is 0 Å². The Morgan fingerprint density at radius 1 is 0.972 bits per heavy atom. The molecule has 10 heteroatoms. The summed E-state index contributed by atoms with van der Waals surface area (Å²) in [6, 6.07) is 19.8. The standard InChI is InChI=1S/C26H29N3O6S/c1-19(2)35-22-12-10-20(11-13-22)17-27-28-26(30)18-29(21-8-6-5-7-9-21)36(31,32)23-14-15-24(33-3)25(16-23)34-4/h5-17,19H,18H2,1-4H3,(H,28,30)/b27-17-. The van der Waals surface area contributed by atoms with Gasteiger partial charge < -0.3 is 14.2 Å². The van der Waals surface area contributed by atoms with Gasteiger partial charge in [0.05, 0.1) is 37.1 Å². The molecule has 0 aliphatic rings. The zero-order valence-electron chi connectivity index (χ0n) is 20.5. The zero-order valence-corrected chi connectivity index (χ0v) is 21.4. The molecule has 1 amide bonds. The number of nitrogens with zero attached hydrogens (tertiary/aromatic N) is 2. The van der Waals surface area contributed by atoms with Crippen LogP contribution in [0.5, 0.6) is 17.2 Å². The molecule has 3 rings (SSSR count). The number of nitrogens with one attached hydrogen (secondary N) is 1. The first kappa shape index (κ1) is 26.6. The van der Waals surface area contributed by atoms with Crippen LogP contribution in [-0.4, -0.2) is 47.4 Å². The number of sulfonamides is 1. The maximum Gasteiger partial charge on any atom is 0.264 e. The van der Waals surface area contributed by atoms with Gasteiger partial charge in [-0.3, -0.25) is 9.10 Å². The van der Waals surface area contributed by atoms with E-state index in [2.05, 4.69) is 10.5 Å². The molecule has 3 aromatic carbocycles. The van der Waals surface area contributed by atoms with Gasteiger partial charge in [-0.1, -0.05) is 18.2 Å². The molecule has 0 aliphatic carbocycles. The summed E-state index contributed by atoms with van der Waals surface area (Å²) in [6.45, 7) is 3.39. The van der Waals surface area contributed by atoms with Gasteiger partial charge in [0.2, 0.25) is 0 Å². The number of hydrogen-bond donors (Lipinski definition) is 1. The van der Waals surface area contributed by atoms with Crippen molar-refractivity contribution in [1.29, 1.82) is 0 Å². The molecule has 0 fully saturated rings. The topological polar surface area (TPSA) is 107 Å². The van der Waals surface area contributed by atoms with E-state index in [1.807, 2.05) is 13.8 Å². The van der Waals surface area contributed by atoms with Gasteiger partial charge in [-0.2, -0.15) is 5.10 Å². The lowest BCUT2D eigenvalue weighted by atomic mass is 10.2. The summed E-state index contributed by atoms with van der Waals surface area (Å²) in [6.07, 6.45) is 1.53. The molecule has 0 aliphatic heterocycles. The number of rotatable bonds is 11. The third-order valence-electron chi connectivity index (χ3n) is 4.93. The summed E-state index contributed by atoms with van der Waals surface area (Å²) in [5.74, 6) is 0.757. The molecule has 36 heavy (non-hydrogen) atoms. The van der Waals surface area contributed by atoms with E-state index in [4.69, 9.17) is 14.2 Å². The first-order valence-electron chi connectivity index (χ1n) is 11.1. The highest BCUT2D eigenvalue weighted by molar-refractivity contribution is 7.92. The van der Waals surface area contributed by atoms with Gasteiger partial charge in [-0.25, -0.2) is 13.8 Å². The van der Waals surface area contributed by atoms with Crippen LogP contribution >= 0.6 is 0 Å². The smallest absolute Gasteiger partial charge is 0.264 e. The molecule has 0 spiro atoms. The molecular formula is C26H29N3O6S. The molecule has 0 atom stereocenters. The van der Waals surface area contributed by atoms with E-state index in [0.717, 1.165) is 15.6 Å². The molecule has 0 aromatic heterocycles. The Bertz CT molecular complexity index is 1290. The molecular weight excluding hydrogens is 482 g/mol. The van der Waals surface area contributed by atoms with E-state index in [0.29, 0.717) is 11.4 Å². The largest absolute Gasteiger partial charge is 0.493 e. The van der Waals surface area contributed by atoms with Crippen LogP contribution in [0, 0.1) is 0 Å². The van der Waals surface area contributed by atoms with Gasteiger partial charge in [0.1, 0.15) is 12.3 Å². The minimum absolute atomic E-state index is 0.0518. The third-order valence-corrected chi connectivity index (χ3v) is 6.70. The predicted octanol–water partition coefficient (Wildman–Crippen LogP) is 3.84. The summed E-state index contributed by atoms with van der Waals surface area (Å²) in [4.78, 5) is 12.6. The fourth-order valence-corrected chi connectivity index (χ4v) is 4.70. The summed E-state index contributed by atoms with van der Waals surface area (Å²) in [7, 11) is -1.25. The van der Waals surface area contributed by atoms with Crippen LogP contribution in [0.1, 0.15) is 19.4 Å². The van der Waals surface area contributed by atoms with E-state index < -0.39 is 22.5 Å². The Morgan fingerprint density at radius 3 is 2.25 bits per heavy atom. The number of para-hydroxylation sites is 1. The maximum absolute atomic E-state index is 13.5. The zero-order chi connectivity index (χ0) is 26.1. The van der Waals surface area contributed by atoms with Gasteiger partial charge in [-0.15, -0.1) is 0 Å². The second-order valence-electron chi connectivity index (χ2n) is 7.89. The first-order chi connectivity index (χ1) is 17.2. The van der Waals surface area contributed by atoms with Gasteiger partial charge in [0, 0.05) is 6.07 Å². The Labute approximate surface area is 211 Å². The Kier molecular flexibility index (Phi) is 8.91. The van der Waals surface area contributed by atoms with E-state index >= 15 is 0 Å². The molecule has 0 saturated heterocycles. The molecule has 0 saturated carbocycles. The second kappa shape index (κ2) is 12.1. The Morgan fingerprint density at radius 2 is 1.64 bits per heavy atom. The van der Waals surface area contributed by atoms with E-state index in [1.165, 1.54) is 38.6 Å². The molecule has 0 heterocycles. The van der Waals surface area contributed by atoms with E-state index in [-0.39, 0.29) is 16.7 Å². The van der Waals surface area contributed by atoms with E-state index in [1.54, 1.807) is 54.6 Å². The number of benzene rings is 3. The van der Waals surface area contributed by atoms with Crippen LogP contribution < -0.4 is 23.9 Å². The van der Waals surface area contributed by atoms with Gasteiger partial charge >= 0.3 is 0 Å². The fourth-order valence-electron chi connectivity index (χ4n) is 3.26. The predicted molar refractivity (Wildman–Crippen MR) is 138 cm³/mol. The lowest BCUT2D eigenvalue weighted by molar-refractivity contribution is -0.119. The number of ether oxygens (including phenoxy) is 3. The molecule has 1 N–H and O–H groups in total. The maximum atomic E-state index is 13.5. The molecule has 9 nitrogen and oxygen atoms in total. The highest BCUT2D eigenvalue weighted by atomic mass is 32.2. The SMILES string of the molecule is COc1ccc(S(=O)(=O)N(CC(=O)N/N=C\c2ccc(OC(C)C)cc2)c2ccccc2)cc1OC. The van der Waals surface area contributed by atoms with Gasteiger partial charge in [-0.05, 0) is 67.9 Å².